The normalized spacial score (nSPS) is 10.9. The molecule has 9 heteroatoms. The predicted octanol–water partition coefficient (Wildman–Crippen LogP) is 5.82. The molecule has 168 valence electrons. The summed E-state index contributed by atoms with van der Waals surface area (Å²) in [5, 5.41) is 4.51. The summed E-state index contributed by atoms with van der Waals surface area (Å²) < 4.78 is 7.01. The van der Waals surface area contributed by atoms with Crippen LogP contribution in [0.1, 0.15) is 6.92 Å². The fourth-order valence-electron chi connectivity index (χ4n) is 3.25. The van der Waals surface area contributed by atoms with Crippen molar-refractivity contribution in [3.05, 3.63) is 87.1 Å². The summed E-state index contributed by atoms with van der Waals surface area (Å²) in [5.41, 5.74) is 1.48. The topological polar surface area (TPSA) is 73.2 Å². The first-order chi connectivity index (χ1) is 15.9. The number of para-hydroxylation sites is 1. The maximum absolute atomic E-state index is 13.3. The van der Waals surface area contributed by atoms with Gasteiger partial charge in [-0.3, -0.25) is 14.2 Å². The second-order valence-corrected chi connectivity index (χ2v) is 8.79. The van der Waals surface area contributed by atoms with E-state index in [1.54, 1.807) is 60.7 Å². The van der Waals surface area contributed by atoms with E-state index in [1.807, 2.05) is 13.0 Å². The Labute approximate surface area is 204 Å². The second kappa shape index (κ2) is 10.3. The zero-order valence-corrected chi connectivity index (χ0v) is 19.9. The number of anilines is 1. The van der Waals surface area contributed by atoms with E-state index in [0.29, 0.717) is 49.8 Å². The van der Waals surface area contributed by atoms with Gasteiger partial charge in [-0.25, -0.2) is 4.98 Å². The highest BCUT2D eigenvalue weighted by atomic mass is 35.5. The van der Waals surface area contributed by atoms with Gasteiger partial charge in [-0.1, -0.05) is 47.1 Å². The molecule has 0 aliphatic rings. The first-order valence-electron chi connectivity index (χ1n) is 10.1. The summed E-state index contributed by atoms with van der Waals surface area (Å²) in [7, 11) is 0. The molecule has 4 aromatic rings. The minimum Gasteiger partial charge on any atom is -0.494 e. The molecule has 1 aromatic heterocycles. The van der Waals surface area contributed by atoms with E-state index in [-0.39, 0.29) is 17.2 Å². The number of rotatable bonds is 7. The number of halogens is 2. The Morgan fingerprint density at radius 1 is 1.06 bits per heavy atom. The molecule has 0 radical (unpaired) electrons. The van der Waals surface area contributed by atoms with Crippen LogP contribution in [-0.2, 0) is 4.79 Å². The third-order valence-electron chi connectivity index (χ3n) is 4.63. The highest BCUT2D eigenvalue weighted by molar-refractivity contribution is 7.99. The lowest BCUT2D eigenvalue weighted by molar-refractivity contribution is -0.113. The molecule has 33 heavy (non-hydrogen) atoms. The molecule has 0 fully saturated rings. The van der Waals surface area contributed by atoms with E-state index in [1.165, 1.54) is 4.57 Å². The SMILES string of the molecule is CCOc1ccc(-n2c(SCC(=O)Nc3cc(Cl)cc(Cl)c3)nc3ccccc3c2=O)cc1. The van der Waals surface area contributed by atoms with Crippen molar-refractivity contribution in [2.24, 2.45) is 0 Å². The Bertz CT molecular complexity index is 1350. The predicted molar refractivity (Wildman–Crippen MR) is 134 cm³/mol. The number of carbonyl (C=O) groups excluding carboxylic acids is 1. The molecule has 0 unspecified atom stereocenters. The van der Waals surface area contributed by atoms with Gasteiger partial charge in [0, 0.05) is 15.7 Å². The number of thioether (sulfide) groups is 1. The van der Waals surface area contributed by atoms with Crippen LogP contribution in [-0.4, -0.2) is 27.8 Å². The number of nitrogens with one attached hydrogen (secondary N) is 1. The lowest BCUT2D eigenvalue weighted by atomic mass is 10.2. The van der Waals surface area contributed by atoms with Crippen LogP contribution in [0, 0.1) is 0 Å². The minimum atomic E-state index is -0.279. The van der Waals surface area contributed by atoms with Gasteiger partial charge in [0.2, 0.25) is 5.91 Å². The van der Waals surface area contributed by atoms with Crippen LogP contribution in [0.15, 0.2) is 76.7 Å². The van der Waals surface area contributed by atoms with Crippen molar-refractivity contribution >= 4 is 57.5 Å². The monoisotopic (exact) mass is 499 g/mol. The molecule has 0 aliphatic heterocycles. The van der Waals surface area contributed by atoms with Gasteiger partial charge in [0.1, 0.15) is 5.75 Å². The zero-order valence-electron chi connectivity index (χ0n) is 17.5. The summed E-state index contributed by atoms with van der Waals surface area (Å²) in [4.78, 5) is 30.5. The van der Waals surface area contributed by atoms with Gasteiger partial charge in [-0.15, -0.1) is 0 Å². The smallest absolute Gasteiger partial charge is 0.266 e. The van der Waals surface area contributed by atoms with Gasteiger partial charge < -0.3 is 10.1 Å². The molecular weight excluding hydrogens is 481 g/mol. The van der Waals surface area contributed by atoms with Crippen LogP contribution in [0.3, 0.4) is 0 Å². The van der Waals surface area contributed by atoms with Crippen molar-refractivity contribution in [3.8, 4) is 11.4 Å². The minimum absolute atomic E-state index is 0.0337. The summed E-state index contributed by atoms with van der Waals surface area (Å²) in [6.07, 6.45) is 0. The molecular formula is C24H19Cl2N3O3S. The van der Waals surface area contributed by atoms with Crippen LogP contribution in [0.5, 0.6) is 5.75 Å². The van der Waals surface area contributed by atoms with E-state index in [2.05, 4.69) is 10.3 Å². The van der Waals surface area contributed by atoms with Crippen molar-refractivity contribution in [2.45, 2.75) is 12.1 Å². The molecule has 0 saturated carbocycles. The Balaban J connectivity index is 1.65. The average molecular weight is 500 g/mol. The third-order valence-corrected chi connectivity index (χ3v) is 6.00. The number of benzene rings is 3. The molecule has 1 amide bonds. The maximum atomic E-state index is 13.3. The highest BCUT2D eigenvalue weighted by Gasteiger charge is 2.15. The number of hydrogen-bond acceptors (Lipinski definition) is 5. The van der Waals surface area contributed by atoms with Gasteiger partial charge in [0.05, 0.1) is 29.0 Å². The van der Waals surface area contributed by atoms with Crippen LogP contribution in [0.2, 0.25) is 10.0 Å². The summed E-state index contributed by atoms with van der Waals surface area (Å²) in [5.74, 6) is 0.460. The number of fused-ring (bicyclic) bond motifs is 1. The fraction of sp³-hybridized carbons (Fsp3) is 0.125. The van der Waals surface area contributed by atoms with E-state index in [4.69, 9.17) is 27.9 Å². The van der Waals surface area contributed by atoms with Gasteiger partial charge in [0.25, 0.3) is 5.56 Å². The first-order valence-corrected chi connectivity index (χ1v) is 11.8. The van der Waals surface area contributed by atoms with E-state index in [0.717, 1.165) is 11.8 Å². The van der Waals surface area contributed by atoms with Crippen molar-refractivity contribution < 1.29 is 9.53 Å². The molecule has 0 aliphatic carbocycles. The maximum Gasteiger partial charge on any atom is 0.266 e. The largest absolute Gasteiger partial charge is 0.494 e. The zero-order chi connectivity index (χ0) is 23.4. The van der Waals surface area contributed by atoms with Crippen molar-refractivity contribution in [2.75, 3.05) is 17.7 Å². The molecule has 0 atom stereocenters. The number of aromatic nitrogens is 2. The van der Waals surface area contributed by atoms with Gasteiger partial charge in [-0.05, 0) is 61.5 Å². The van der Waals surface area contributed by atoms with E-state index >= 15 is 0 Å². The lowest BCUT2D eigenvalue weighted by Crippen LogP contribution is -2.23. The van der Waals surface area contributed by atoms with Crippen molar-refractivity contribution in [1.82, 2.24) is 9.55 Å². The quantitative estimate of drug-likeness (QED) is 0.256. The number of amides is 1. The standard InChI is InChI=1S/C24H19Cl2N3O3S/c1-2-32-19-9-7-18(8-10-19)29-23(31)20-5-3-4-6-21(20)28-24(29)33-14-22(30)27-17-12-15(25)11-16(26)13-17/h3-13H,2,14H2,1H3,(H,27,30). The number of carbonyl (C=O) groups is 1. The molecule has 1 heterocycles. The third kappa shape index (κ3) is 5.50. The Hall–Kier alpha value is -3.00. The number of hydrogen-bond donors (Lipinski definition) is 1. The van der Waals surface area contributed by atoms with Crippen LogP contribution >= 0.6 is 35.0 Å². The number of ether oxygens (including phenoxy) is 1. The Morgan fingerprint density at radius 3 is 2.45 bits per heavy atom. The van der Waals surface area contributed by atoms with E-state index < -0.39 is 0 Å². The summed E-state index contributed by atoms with van der Waals surface area (Å²) in [6, 6.07) is 19.1. The average Bonchev–Trinajstić information content (AvgIpc) is 2.78. The summed E-state index contributed by atoms with van der Waals surface area (Å²) >= 11 is 13.2. The lowest BCUT2D eigenvalue weighted by Gasteiger charge is -2.14. The fourth-order valence-corrected chi connectivity index (χ4v) is 4.59. The molecule has 4 rings (SSSR count). The molecule has 6 nitrogen and oxygen atoms in total. The van der Waals surface area contributed by atoms with E-state index in [9.17, 15) is 9.59 Å². The van der Waals surface area contributed by atoms with Gasteiger partial charge in [-0.2, -0.15) is 0 Å². The molecule has 0 bridgehead atoms. The Kier molecular flexibility index (Phi) is 7.23. The van der Waals surface area contributed by atoms with Crippen LogP contribution in [0.4, 0.5) is 5.69 Å². The number of nitrogens with zero attached hydrogens (tertiary/aromatic N) is 2. The van der Waals surface area contributed by atoms with Crippen LogP contribution < -0.4 is 15.6 Å². The summed E-state index contributed by atoms with van der Waals surface area (Å²) in [6.45, 7) is 2.45. The molecule has 1 N–H and O–H groups in total. The van der Waals surface area contributed by atoms with Crippen molar-refractivity contribution in [1.29, 1.82) is 0 Å². The first kappa shape index (κ1) is 23.2. The molecule has 0 saturated heterocycles. The van der Waals surface area contributed by atoms with Gasteiger partial charge in [0.15, 0.2) is 5.16 Å². The second-order valence-electron chi connectivity index (χ2n) is 6.97. The Morgan fingerprint density at radius 2 is 1.76 bits per heavy atom. The molecule has 0 spiro atoms. The van der Waals surface area contributed by atoms with Crippen LogP contribution in [0.25, 0.3) is 16.6 Å². The molecule has 3 aromatic carbocycles. The van der Waals surface area contributed by atoms with Crippen molar-refractivity contribution in [3.63, 3.8) is 0 Å². The van der Waals surface area contributed by atoms with Gasteiger partial charge >= 0.3 is 0 Å². The highest BCUT2D eigenvalue weighted by Crippen LogP contribution is 2.25.